The standard InChI is InChI=1S/C17H20N2O2/c1-2-20-15-5-7-16(8-6-15)21-17-12-18-10-9-13(17)11-19-14-3-4-14/h5-10,12,14,19H,2-4,11H2,1H3. The van der Waals surface area contributed by atoms with Crippen LogP contribution in [-0.4, -0.2) is 17.6 Å². The Bertz CT molecular complexity index is 580. The lowest BCUT2D eigenvalue weighted by Crippen LogP contribution is -2.15. The second-order valence-corrected chi connectivity index (χ2v) is 5.15. The van der Waals surface area contributed by atoms with E-state index < -0.39 is 0 Å². The fourth-order valence-corrected chi connectivity index (χ4v) is 2.09. The van der Waals surface area contributed by atoms with E-state index in [1.807, 2.05) is 37.3 Å². The summed E-state index contributed by atoms with van der Waals surface area (Å²) in [6, 6.07) is 10.3. The Morgan fingerprint density at radius 1 is 1.14 bits per heavy atom. The number of hydrogen-bond donors (Lipinski definition) is 1. The molecule has 0 unspecified atom stereocenters. The highest BCUT2D eigenvalue weighted by Crippen LogP contribution is 2.27. The molecule has 1 fully saturated rings. The van der Waals surface area contributed by atoms with Gasteiger partial charge in [-0.15, -0.1) is 0 Å². The highest BCUT2D eigenvalue weighted by molar-refractivity contribution is 5.38. The van der Waals surface area contributed by atoms with Gasteiger partial charge in [0.15, 0.2) is 0 Å². The molecule has 2 aromatic rings. The van der Waals surface area contributed by atoms with Crippen LogP contribution in [0.1, 0.15) is 25.3 Å². The molecular weight excluding hydrogens is 264 g/mol. The van der Waals surface area contributed by atoms with Crippen LogP contribution in [0, 0.1) is 0 Å². The number of benzene rings is 1. The summed E-state index contributed by atoms with van der Waals surface area (Å²) in [6.45, 7) is 3.46. The normalized spacial score (nSPS) is 14.0. The zero-order valence-corrected chi connectivity index (χ0v) is 12.2. The Morgan fingerprint density at radius 3 is 2.62 bits per heavy atom. The van der Waals surface area contributed by atoms with Crippen molar-refractivity contribution in [1.29, 1.82) is 0 Å². The first-order valence-corrected chi connectivity index (χ1v) is 7.42. The molecule has 4 heteroatoms. The number of hydrogen-bond acceptors (Lipinski definition) is 4. The van der Waals surface area contributed by atoms with Crippen molar-refractivity contribution >= 4 is 0 Å². The summed E-state index contributed by atoms with van der Waals surface area (Å²) in [5.74, 6) is 2.44. The summed E-state index contributed by atoms with van der Waals surface area (Å²) in [5, 5.41) is 3.50. The summed E-state index contributed by atoms with van der Waals surface area (Å²) in [5.41, 5.74) is 1.13. The van der Waals surface area contributed by atoms with Gasteiger partial charge in [-0.1, -0.05) is 0 Å². The molecule has 1 aliphatic carbocycles. The third kappa shape index (κ3) is 3.95. The molecule has 0 saturated heterocycles. The fraction of sp³-hybridized carbons (Fsp3) is 0.353. The van der Waals surface area contributed by atoms with E-state index in [0.717, 1.165) is 29.4 Å². The molecule has 0 amide bonds. The van der Waals surface area contributed by atoms with Gasteiger partial charge in [0.1, 0.15) is 17.2 Å². The summed E-state index contributed by atoms with van der Waals surface area (Å²) in [7, 11) is 0. The number of rotatable bonds is 7. The van der Waals surface area contributed by atoms with E-state index in [4.69, 9.17) is 9.47 Å². The third-order valence-electron chi connectivity index (χ3n) is 3.39. The number of nitrogens with one attached hydrogen (secondary N) is 1. The molecule has 1 saturated carbocycles. The van der Waals surface area contributed by atoms with Gasteiger partial charge in [-0.2, -0.15) is 0 Å². The summed E-state index contributed by atoms with van der Waals surface area (Å²) >= 11 is 0. The Kier molecular flexibility index (Phi) is 4.36. The van der Waals surface area contributed by atoms with Crippen molar-refractivity contribution in [3.63, 3.8) is 0 Å². The Hall–Kier alpha value is -2.07. The quantitative estimate of drug-likeness (QED) is 0.844. The van der Waals surface area contributed by atoms with Crippen molar-refractivity contribution in [2.45, 2.75) is 32.4 Å². The molecule has 0 bridgehead atoms. The van der Waals surface area contributed by atoms with E-state index in [2.05, 4.69) is 10.3 Å². The third-order valence-corrected chi connectivity index (χ3v) is 3.39. The predicted molar refractivity (Wildman–Crippen MR) is 81.8 cm³/mol. The first-order valence-electron chi connectivity index (χ1n) is 7.42. The van der Waals surface area contributed by atoms with Crippen molar-refractivity contribution in [1.82, 2.24) is 10.3 Å². The average Bonchev–Trinajstić information content (AvgIpc) is 3.33. The largest absolute Gasteiger partial charge is 0.494 e. The number of aromatic nitrogens is 1. The van der Waals surface area contributed by atoms with Crippen LogP contribution in [0.5, 0.6) is 17.2 Å². The van der Waals surface area contributed by atoms with E-state index in [1.54, 1.807) is 12.4 Å². The summed E-state index contributed by atoms with van der Waals surface area (Å²) in [4.78, 5) is 4.15. The minimum atomic E-state index is 0.666. The summed E-state index contributed by atoms with van der Waals surface area (Å²) in [6.07, 6.45) is 6.12. The van der Waals surface area contributed by atoms with Crippen molar-refractivity contribution in [2.75, 3.05) is 6.61 Å². The Labute approximate surface area is 125 Å². The van der Waals surface area contributed by atoms with Gasteiger partial charge < -0.3 is 14.8 Å². The zero-order valence-electron chi connectivity index (χ0n) is 12.2. The monoisotopic (exact) mass is 284 g/mol. The van der Waals surface area contributed by atoms with Crippen LogP contribution in [0.4, 0.5) is 0 Å². The smallest absolute Gasteiger partial charge is 0.150 e. The maximum atomic E-state index is 5.94. The molecule has 0 atom stereocenters. The van der Waals surface area contributed by atoms with Crippen LogP contribution in [-0.2, 0) is 6.54 Å². The molecular formula is C17H20N2O2. The van der Waals surface area contributed by atoms with Crippen molar-refractivity contribution in [3.05, 3.63) is 48.3 Å². The van der Waals surface area contributed by atoms with E-state index >= 15 is 0 Å². The highest BCUT2D eigenvalue weighted by atomic mass is 16.5. The van der Waals surface area contributed by atoms with E-state index in [-0.39, 0.29) is 0 Å². The van der Waals surface area contributed by atoms with Gasteiger partial charge >= 0.3 is 0 Å². The lowest BCUT2D eigenvalue weighted by atomic mass is 10.2. The maximum absolute atomic E-state index is 5.94. The molecule has 0 radical (unpaired) electrons. The van der Waals surface area contributed by atoms with Gasteiger partial charge in [0, 0.05) is 24.3 Å². The van der Waals surface area contributed by atoms with Crippen molar-refractivity contribution in [2.24, 2.45) is 0 Å². The van der Waals surface area contributed by atoms with E-state index in [1.165, 1.54) is 12.8 Å². The Morgan fingerprint density at radius 2 is 1.90 bits per heavy atom. The van der Waals surface area contributed by atoms with Gasteiger partial charge in [0.2, 0.25) is 0 Å². The molecule has 0 spiro atoms. The zero-order chi connectivity index (χ0) is 14.5. The van der Waals surface area contributed by atoms with E-state index in [9.17, 15) is 0 Å². The topological polar surface area (TPSA) is 43.4 Å². The molecule has 3 rings (SSSR count). The van der Waals surface area contributed by atoms with Crippen molar-refractivity contribution in [3.8, 4) is 17.2 Å². The van der Waals surface area contributed by atoms with Crippen LogP contribution < -0.4 is 14.8 Å². The van der Waals surface area contributed by atoms with Gasteiger partial charge in [0.25, 0.3) is 0 Å². The molecule has 1 heterocycles. The van der Waals surface area contributed by atoms with Gasteiger partial charge in [0.05, 0.1) is 12.8 Å². The molecule has 4 nitrogen and oxygen atoms in total. The molecule has 21 heavy (non-hydrogen) atoms. The molecule has 1 aliphatic rings. The fourth-order valence-electron chi connectivity index (χ4n) is 2.09. The predicted octanol–water partition coefficient (Wildman–Crippen LogP) is 3.52. The number of nitrogens with zero attached hydrogens (tertiary/aromatic N) is 1. The SMILES string of the molecule is CCOc1ccc(Oc2cnccc2CNC2CC2)cc1. The van der Waals surface area contributed by atoms with Gasteiger partial charge in [-0.3, -0.25) is 4.98 Å². The molecule has 1 aromatic heterocycles. The molecule has 1 aromatic carbocycles. The first-order chi connectivity index (χ1) is 10.3. The molecule has 0 aliphatic heterocycles. The minimum Gasteiger partial charge on any atom is -0.494 e. The van der Waals surface area contributed by atoms with Crippen LogP contribution >= 0.6 is 0 Å². The lowest BCUT2D eigenvalue weighted by molar-refractivity contribution is 0.339. The minimum absolute atomic E-state index is 0.666. The molecule has 1 N–H and O–H groups in total. The summed E-state index contributed by atoms with van der Waals surface area (Å²) < 4.78 is 11.4. The van der Waals surface area contributed by atoms with Crippen LogP contribution in [0.3, 0.4) is 0 Å². The van der Waals surface area contributed by atoms with Gasteiger partial charge in [-0.05, 0) is 50.1 Å². The second kappa shape index (κ2) is 6.59. The van der Waals surface area contributed by atoms with E-state index in [0.29, 0.717) is 12.6 Å². The lowest BCUT2D eigenvalue weighted by Gasteiger charge is -2.11. The second-order valence-electron chi connectivity index (χ2n) is 5.15. The highest BCUT2D eigenvalue weighted by Gasteiger charge is 2.20. The van der Waals surface area contributed by atoms with Crippen molar-refractivity contribution < 1.29 is 9.47 Å². The maximum Gasteiger partial charge on any atom is 0.150 e. The molecule has 110 valence electrons. The van der Waals surface area contributed by atoms with Crippen LogP contribution in [0.2, 0.25) is 0 Å². The first kappa shape index (κ1) is 13.9. The Balaban J connectivity index is 1.68. The number of pyridine rings is 1. The van der Waals surface area contributed by atoms with Crippen LogP contribution in [0.25, 0.3) is 0 Å². The van der Waals surface area contributed by atoms with Gasteiger partial charge in [-0.25, -0.2) is 0 Å². The number of ether oxygens (including phenoxy) is 2. The van der Waals surface area contributed by atoms with Crippen LogP contribution in [0.15, 0.2) is 42.7 Å². The average molecular weight is 284 g/mol.